The molecule has 2 heterocycles. The average molecular weight is 271 g/mol. The van der Waals surface area contributed by atoms with Crippen LogP contribution in [-0.4, -0.2) is 15.1 Å². The van der Waals surface area contributed by atoms with Crippen molar-refractivity contribution in [2.45, 2.75) is 38.6 Å². The first kappa shape index (κ1) is 13.0. The van der Waals surface area contributed by atoms with Crippen LogP contribution in [0.1, 0.15) is 36.7 Å². The van der Waals surface area contributed by atoms with E-state index in [1.807, 2.05) is 6.92 Å². The first-order chi connectivity index (χ1) is 8.08. The maximum absolute atomic E-state index is 6.13. The summed E-state index contributed by atoms with van der Waals surface area (Å²) in [6.07, 6.45) is 2.92. The highest BCUT2D eigenvalue weighted by atomic mass is 35.5. The van der Waals surface area contributed by atoms with Crippen LogP contribution >= 0.6 is 12.4 Å². The van der Waals surface area contributed by atoms with Gasteiger partial charge in [-0.2, -0.15) is 4.98 Å². The van der Waals surface area contributed by atoms with Gasteiger partial charge in [0.05, 0.1) is 11.2 Å². The molecule has 2 aromatic rings. The highest BCUT2D eigenvalue weighted by Crippen LogP contribution is 2.37. The molecule has 3 rings (SSSR count). The molecule has 0 aromatic carbocycles. The third kappa shape index (κ3) is 1.91. The molecular weight excluding hydrogens is 256 g/mol. The zero-order valence-electron chi connectivity index (χ0n) is 10.3. The molecule has 6 nitrogen and oxygen atoms in total. The van der Waals surface area contributed by atoms with Gasteiger partial charge in [0.25, 0.3) is 5.89 Å². The minimum Gasteiger partial charge on any atom is -0.436 e. The number of aryl methyl sites for hydroxylation is 2. The van der Waals surface area contributed by atoms with Gasteiger partial charge in [0.2, 0.25) is 5.76 Å². The standard InChI is InChI=1S/C11H14N4O2.ClH/c1-6-8(16-7(2)13-6)9-14-10(15-17-9)11(12)4-3-5-11;/h3-5,12H2,1-2H3;1H. The zero-order valence-corrected chi connectivity index (χ0v) is 11.1. The molecule has 2 aromatic heterocycles. The Bertz CT molecular complexity index is 559. The molecule has 7 heteroatoms. The molecule has 0 bridgehead atoms. The third-order valence-corrected chi connectivity index (χ3v) is 3.21. The quantitative estimate of drug-likeness (QED) is 0.898. The number of nitrogens with zero attached hydrogens (tertiary/aromatic N) is 3. The molecule has 0 aliphatic heterocycles. The molecule has 98 valence electrons. The first-order valence-electron chi connectivity index (χ1n) is 5.66. The summed E-state index contributed by atoms with van der Waals surface area (Å²) in [6, 6.07) is 0. The molecule has 0 spiro atoms. The number of hydrogen-bond donors (Lipinski definition) is 1. The van der Waals surface area contributed by atoms with Crippen molar-refractivity contribution < 1.29 is 8.94 Å². The first-order valence-corrected chi connectivity index (χ1v) is 5.66. The monoisotopic (exact) mass is 270 g/mol. The summed E-state index contributed by atoms with van der Waals surface area (Å²) < 4.78 is 10.6. The topological polar surface area (TPSA) is 91.0 Å². The normalized spacial score (nSPS) is 17.1. The van der Waals surface area contributed by atoms with Gasteiger partial charge < -0.3 is 14.7 Å². The molecule has 1 fully saturated rings. The van der Waals surface area contributed by atoms with Gasteiger partial charge in [0.1, 0.15) is 0 Å². The van der Waals surface area contributed by atoms with Gasteiger partial charge in [-0.15, -0.1) is 12.4 Å². The van der Waals surface area contributed by atoms with E-state index in [2.05, 4.69) is 15.1 Å². The van der Waals surface area contributed by atoms with Crippen LogP contribution in [0, 0.1) is 13.8 Å². The summed E-state index contributed by atoms with van der Waals surface area (Å²) in [7, 11) is 0. The fraction of sp³-hybridized carbons (Fsp3) is 0.545. The molecule has 0 amide bonds. The van der Waals surface area contributed by atoms with Crippen molar-refractivity contribution in [1.82, 2.24) is 15.1 Å². The van der Waals surface area contributed by atoms with Crippen molar-refractivity contribution in [2.24, 2.45) is 5.73 Å². The predicted molar refractivity (Wildman–Crippen MR) is 66.2 cm³/mol. The Labute approximate surface area is 110 Å². The van der Waals surface area contributed by atoms with E-state index in [-0.39, 0.29) is 12.4 Å². The van der Waals surface area contributed by atoms with Crippen molar-refractivity contribution >= 4 is 12.4 Å². The fourth-order valence-corrected chi connectivity index (χ4v) is 2.03. The second-order valence-corrected chi connectivity index (χ2v) is 4.58. The summed E-state index contributed by atoms with van der Waals surface area (Å²) in [5.74, 6) is 2.04. The molecule has 0 saturated heterocycles. The molecule has 1 aliphatic carbocycles. The number of rotatable bonds is 2. The molecule has 0 radical (unpaired) electrons. The maximum atomic E-state index is 6.13. The second-order valence-electron chi connectivity index (χ2n) is 4.58. The lowest BCUT2D eigenvalue weighted by Crippen LogP contribution is -2.44. The van der Waals surface area contributed by atoms with Crippen LogP contribution in [0.4, 0.5) is 0 Å². The van der Waals surface area contributed by atoms with E-state index in [9.17, 15) is 0 Å². The Morgan fingerprint density at radius 1 is 1.22 bits per heavy atom. The van der Waals surface area contributed by atoms with Gasteiger partial charge in [0.15, 0.2) is 11.7 Å². The van der Waals surface area contributed by atoms with Gasteiger partial charge in [-0.1, -0.05) is 5.16 Å². The van der Waals surface area contributed by atoms with Crippen molar-refractivity contribution in [3.05, 3.63) is 17.4 Å². The van der Waals surface area contributed by atoms with Crippen LogP contribution in [0.15, 0.2) is 8.94 Å². The average Bonchev–Trinajstić information content (AvgIpc) is 2.81. The van der Waals surface area contributed by atoms with E-state index < -0.39 is 5.54 Å². The minimum absolute atomic E-state index is 0. The Morgan fingerprint density at radius 3 is 2.44 bits per heavy atom. The lowest BCUT2D eigenvalue weighted by molar-refractivity contribution is 0.229. The minimum atomic E-state index is -0.412. The molecular formula is C11H15ClN4O2. The molecule has 18 heavy (non-hydrogen) atoms. The van der Waals surface area contributed by atoms with E-state index in [0.717, 1.165) is 25.0 Å². The lowest BCUT2D eigenvalue weighted by atomic mass is 9.77. The van der Waals surface area contributed by atoms with Crippen LogP contribution in [0.2, 0.25) is 0 Å². The number of halogens is 1. The molecule has 0 atom stereocenters. The SMILES string of the molecule is Cc1nc(C)c(-c2nc(C3(N)CCC3)no2)o1.Cl. The second kappa shape index (κ2) is 4.37. The van der Waals surface area contributed by atoms with Crippen molar-refractivity contribution in [1.29, 1.82) is 0 Å². The fourth-order valence-electron chi connectivity index (χ4n) is 2.03. The van der Waals surface area contributed by atoms with Crippen LogP contribution in [0.3, 0.4) is 0 Å². The number of oxazole rings is 1. The molecule has 2 N–H and O–H groups in total. The van der Waals surface area contributed by atoms with Crippen molar-refractivity contribution in [3.63, 3.8) is 0 Å². The van der Waals surface area contributed by atoms with E-state index in [1.54, 1.807) is 6.92 Å². The number of hydrogen-bond acceptors (Lipinski definition) is 6. The molecule has 1 saturated carbocycles. The van der Waals surface area contributed by atoms with E-state index >= 15 is 0 Å². The van der Waals surface area contributed by atoms with Gasteiger partial charge in [-0.05, 0) is 26.2 Å². The maximum Gasteiger partial charge on any atom is 0.295 e. The summed E-state index contributed by atoms with van der Waals surface area (Å²) in [4.78, 5) is 8.48. The van der Waals surface area contributed by atoms with Crippen LogP contribution in [0.25, 0.3) is 11.7 Å². The highest BCUT2D eigenvalue weighted by Gasteiger charge is 2.39. The largest absolute Gasteiger partial charge is 0.436 e. The van der Waals surface area contributed by atoms with Crippen molar-refractivity contribution in [2.75, 3.05) is 0 Å². The molecule has 0 unspecified atom stereocenters. The highest BCUT2D eigenvalue weighted by molar-refractivity contribution is 5.85. The smallest absolute Gasteiger partial charge is 0.295 e. The van der Waals surface area contributed by atoms with E-state index in [4.69, 9.17) is 14.7 Å². The van der Waals surface area contributed by atoms with Gasteiger partial charge in [0, 0.05) is 6.92 Å². The van der Waals surface area contributed by atoms with Gasteiger partial charge in [-0.25, -0.2) is 4.98 Å². The summed E-state index contributed by atoms with van der Waals surface area (Å²) in [5.41, 5.74) is 6.46. The van der Waals surface area contributed by atoms with Gasteiger partial charge in [-0.3, -0.25) is 0 Å². The summed E-state index contributed by atoms with van der Waals surface area (Å²) in [6.45, 7) is 3.63. The van der Waals surface area contributed by atoms with Crippen LogP contribution in [0.5, 0.6) is 0 Å². The Morgan fingerprint density at radius 2 is 1.94 bits per heavy atom. The van der Waals surface area contributed by atoms with Gasteiger partial charge >= 0.3 is 0 Å². The number of aromatic nitrogens is 3. The van der Waals surface area contributed by atoms with Crippen LogP contribution in [-0.2, 0) is 5.54 Å². The Hall–Kier alpha value is -1.40. The summed E-state index contributed by atoms with van der Waals surface area (Å²) in [5, 5.41) is 3.94. The van der Waals surface area contributed by atoms with Crippen molar-refractivity contribution in [3.8, 4) is 11.7 Å². The Balaban J connectivity index is 0.00000120. The number of nitrogens with two attached hydrogens (primary N) is 1. The van der Waals surface area contributed by atoms with E-state index in [0.29, 0.717) is 23.4 Å². The lowest BCUT2D eigenvalue weighted by Gasteiger charge is -2.34. The molecule has 1 aliphatic rings. The van der Waals surface area contributed by atoms with E-state index in [1.165, 1.54) is 0 Å². The third-order valence-electron chi connectivity index (χ3n) is 3.21. The predicted octanol–water partition coefficient (Wildman–Crippen LogP) is 2.10. The summed E-state index contributed by atoms with van der Waals surface area (Å²) >= 11 is 0. The van der Waals surface area contributed by atoms with Crippen LogP contribution < -0.4 is 5.73 Å². The Kier molecular flexibility index (Phi) is 3.16. The zero-order chi connectivity index (χ0) is 12.0.